The lowest BCUT2D eigenvalue weighted by Gasteiger charge is -2.14. The molecule has 1 amide bonds. The van der Waals surface area contributed by atoms with Crippen LogP contribution in [-0.4, -0.2) is 36.2 Å². The second-order valence-electron chi connectivity index (χ2n) is 3.81. The van der Waals surface area contributed by atoms with Crippen LogP contribution in [0.15, 0.2) is 24.3 Å². The van der Waals surface area contributed by atoms with Crippen LogP contribution >= 0.6 is 0 Å². The summed E-state index contributed by atoms with van der Waals surface area (Å²) in [5.74, 6) is -0.324. The summed E-state index contributed by atoms with van der Waals surface area (Å²) in [5, 5.41) is 11.2. The molecule has 0 fully saturated rings. The van der Waals surface area contributed by atoms with Crippen LogP contribution in [0, 0.1) is 0 Å². The summed E-state index contributed by atoms with van der Waals surface area (Å²) in [4.78, 5) is 21.7. The van der Waals surface area contributed by atoms with E-state index in [1.165, 1.54) is 6.92 Å². The van der Waals surface area contributed by atoms with E-state index in [1.807, 2.05) is 6.92 Å². The molecule has 0 aliphatic heterocycles. The number of carboxylic acids is 1. The van der Waals surface area contributed by atoms with E-state index in [0.29, 0.717) is 18.1 Å². The first-order valence-corrected chi connectivity index (χ1v) is 5.88. The minimum absolute atomic E-state index is 0.136. The molecule has 0 saturated heterocycles. The lowest BCUT2D eigenvalue weighted by molar-refractivity contribution is -0.142. The molecular weight excluding hydrogens is 250 g/mol. The van der Waals surface area contributed by atoms with Crippen LogP contribution in [0.4, 0.5) is 0 Å². The van der Waals surface area contributed by atoms with E-state index in [9.17, 15) is 9.59 Å². The summed E-state index contributed by atoms with van der Waals surface area (Å²) in [6, 6.07) is 5.75. The van der Waals surface area contributed by atoms with Crippen LogP contribution in [0.5, 0.6) is 11.5 Å². The van der Waals surface area contributed by atoms with Crippen molar-refractivity contribution in [1.29, 1.82) is 0 Å². The van der Waals surface area contributed by atoms with Gasteiger partial charge < -0.3 is 19.9 Å². The Balaban J connectivity index is 2.54. The summed E-state index contributed by atoms with van der Waals surface area (Å²) in [6.07, 6.45) is 0. The van der Waals surface area contributed by atoms with Crippen LogP contribution in [0.3, 0.4) is 0 Å². The third-order valence-corrected chi connectivity index (χ3v) is 2.23. The molecule has 1 atom stereocenters. The van der Waals surface area contributed by atoms with Gasteiger partial charge in [0.1, 0.15) is 18.1 Å². The number of ether oxygens (including phenoxy) is 2. The molecule has 1 aromatic rings. The molecule has 0 aromatic heterocycles. The summed E-state index contributed by atoms with van der Waals surface area (Å²) in [6.45, 7) is 3.58. The Bertz CT molecular complexity index is 429. The summed E-state index contributed by atoms with van der Waals surface area (Å²) >= 11 is 0. The smallest absolute Gasteiger partial charge is 0.329 e. The van der Waals surface area contributed by atoms with Crippen LogP contribution in [0.2, 0.25) is 0 Å². The van der Waals surface area contributed by atoms with Gasteiger partial charge in [-0.2, -0.15) is 0 Å². The van der Waals surface area contributed by atoms with Gasteiger partial charge in [0.15, 0.2) is 6.04 Å². The predicted octanol–water partition coefficient (Wildman–Crippen LogP) is 1.05. The number of benzene rings is 1. The molecule has 6 heteroatoms. The molecular formula is C13H17NO5. The van der Waals surface area contributed by atoms with E-state index in [1.54, 1.807) is 24.3 Å². The zero-order valence-corrected chi connectivity index (χ0v) is 10.9. The van der Waals surface area contributed by atoms with Gasteiger partial charge >= 0.3 is 5.97 Å². The molecule has 1 rings (SSSR count). The molecule has 104 valence electrons. The Hall–Kier alpha value is -2.24. The monoisotopic (exact) mass is 267 g/mol. The molecule has 0 aliphatic carbocycles. The standard InChI is InChI=1S/C13H17NO5/c1-3-18-10-4-6-11(7-5-10)19-8-12(13(16)17)14-9(2)15/h4-7,12H,3,8H2,1-2H3,(H,14,15)(H,16,17). The van der Waals surface area contributed by atoms with Crippen molar-refractivity contribution < 1.29 is 24.2 Å². The van der Waals surface area contributed by atoms with E-state index >= 15 is 0 Å². The van der Waals surface area contributed by atoms with E-state index in [0.717, 1.165) is 0 Å². The van der Waals surface area contributed by atoms with Crippen molar-refractivity contribution in [2.45, 2.75) is 19.9 Å². The van der Waals surface area contributed by atoms with Crippen molar-refractivity contribution >= 4 is 11.9 Å². The van der Waals surface area contributed by atoms with Gasteiger partial charge in [-0.25, -0.2) is 4.79 Å². The second-order valence-corrected chi connectivity index (χ2v) is 3.81. The van der Waals surface area contributed by atoms with Gasteiger partial charge in [0.25, 0.3) is 0 Å². The number of hydrogen-bond acceptors (Lipinski definition) is 4. The second kappa shape index (κ2) is 7.25. The minimum Gasteiger partial charge on any atom is -0.494 e. The highest BCUT2D eigenvalue weighted by Crippen LogP contribution is 2.17. The van der Waals surface area contributed by atoms with Crippen molar-refractivity contribution in [3.8, 4) is 11.5 Å². The maximum atomic E-state index is 10.9. The van der Waals surface area contributed by atoms with Crippen LogP contribution in [0.1, 0.15) is 13.8 Å². The molecule has 0 radical (unpaired) electrons. The Morgan fingerprint density at radius 3 is 2.16 bits per heavy atom. The molecule has 2 N–H and O–H groups in total. The van der Waals surface area contributed by atoms with Crippen molar-refractivity contribution in [3.63, 3.8) is 0 Å². The molecule has 1 aromatic carbocycles. The zero-order chi connectivity index (χ0) is 14.3. The van der Waals surface area contributed by atoms with Gasteiger partial charge in [-0.15, -0.1) is 0 Å². The number of hydrogen-bond donors (Lipinski definition) is 2. The van der Waals surface area contributed by atoms with Gasteiger partial charge in [0.05, 0.1) is 6.61 Å². The third kappa shape index (κ3) is 5.29. The largest absolute Gasteiger partial charge is 0.494 e. The number of carbonyl (C=O) groups is 2. The Kier molecular flexibility index (Phi) is 5.66. The van der Waals surface area contributed by atoms with E-state index in [2.05, 4.69) is 5.32 Å². The van der Waals surface area contributed by atoms with Crippen molar-refractivity contribution in [2.24, 2.45) is 0 Å². The highest BCUT2D eigenvalue weighted by atomic mass is 16.5. The minimum atomic E-state index is -1.14. The Labute approximate surface area is 111 Å². The Morgan fingerprint density at radius 1 is 1.21 bits per heavy atom. The molecule has 19 heavy (non-hydrogen) atoms. The van der Waals surface area contributed by atoms with Gasteiger partial charge in [0.2, 0.25) is 5.91 Å². The maximum absolute atomic E-state index is 10.9. The quantitative estimate of drug-likeness (QED) is 0.771. The zero-order valence-electron chi connectivity index (χ0n) is 10.9. The summed E-state index contributed by atoms with van der Waals surface area (Å²) < 4.78 is 10.6. The number of carbonyl (C=O) groups excluding carboxylic acids is 1. The normalized spacial score (nSPS) is 11.5. The lowest BCUT2D eigenvalue weighted by atomic mass is 10.3. The first-order valence-electron chi connectivity index (χ1n) is 5.88. The summed E-state index contributed by atoms with van der Waals surface area (Å²) in [5.41, 5.74) is 0. The number of carboxylic acid groups (broad SMARTS) is 1. The SMILES string of the molecule is CCOc1ccc(OCC(NC(C)=O)C(=O)O)cc1. The van der Waals surface area contributed by atoms with Crippen molar-refractivity contribution in [1.82, 2.24) is 5.32 Å². The maximum Gasteiger partial charge on any atom is 0.329 e. The first-order chi connectivity index (χ1) is 9.02. The number of nitrogens with one attached hydrogen (secondary N) is 1. The third-order valence-electron chi connectivity index (χ3n) is 2.23. The fourth-order valence-electron chi connectivity index (χ4n) is 1.40. The van der Waals surface area contributed by atoms with E-state index in [4.69, 9.17) is 14.6 Å². The van der Waals surface area contributed by atoms with Crippen LogP contribution in [-0.2, 0) is 9.59 Å². The average molecular weight is 267 g/mol. The van der Waals surface area contributed by atoms with Gasteiger partial charge in [0, 0.05) is 6.92 Å². The van der Waals surface area contributed by atoms with Crippen LogP contribution in [0.25, 0.3) is 0 Å². The van der Waals surface area contributed by atoms with Crippen molar-refractivity contribution in [3.05, 3.63) is 24.3 Å². The molecule has 0 saturated carbocycles. The Morgan fingerprint density at radius 2 is 1.74 bits per heavy atom. The number of amides is 1. The highest BCUT2D eigenvalue weighted by Gasteiger charge is 2.19. The van der Waals surface area contributed by atoms with E-state index in [-0.39, 0.29) is 6.61 Å². The lowest BCUT2D eigenvalue weighted by Crippen LogP contribution is -2.43. The molecule has 0 spiro atoms. The van der Waals surface area contributed by atoms with Crippen LogP contribution < -0.4 is 14.8 Å². The average Bonchev–Trinajstić information content (AvgIpc) is 2.36. The predicted molar refractivity (Wildman–Crippen MR) is 68.3 cm³/mol. The van der Waals surface area contributed by atoms with Crippen molar-refractivity contribution in [2.75, 3.05) is 13.2 Å². The molecule has 1 unspecified atom stereocenters. The molecule has 0 aliphatic rings. The first kappa shape index (κ1) is 14.8. The van der Waals surface area contributed by atoms with Gasteiger partial charge in [-0.3, -0.25) is 4.79 Å². The topological polar surface area (TPSA) is 84.9 Å². The summed E-state index contributed by atoms with van der Waals surface area (Å²) in [7, 11) is 0. The fraction of sp³-hybridized carbons (Fsp3) is 0.385. The van der Waals surface area contributed by atoms with Gasteiger partial charge in [-0.05, 0) is 31.2 Å². The number of rotatable bonds is 7. The molecule has 6 nitrogen and oxygen atoms in total. The highest BCUT2D eigenvalue weighted by molar-refractivity contribution is 5.82. The molecule has 0 bridgehead atoms. The molecule has 0 heterocycles. The van der Waals surface area contributed by atoms with E-state index < -0.39 is 17.9 Å². The number of aliphatic carboxylic acids is 1. The fourth-order valence-corrected chi connectivity index (χ4v) is 1.40. The van der Waals surface area contributed by atoms with Gasteiger partial charge in [-0.1, -0.05) is 0 Å².